The van der Waals surface area contributed by atoms with Crippen LogP contribution in [-0.4, -0.2) is 13.0 Å². The number of methoxy groups -OCH3 is 1. The highest BCUT2D eigenvalue weighted by Gasteiger charge is 2.14. The van der Waals surface area contributed by atoms with E-state index in [0.717, 1.165) is 22.3 Å². The van der Waals surface area contributed by atoms with Gasteiger partial charge in [-0.05, 0) is 89.3 Å². The zero-order valence-electron chi connectivity index (χ0n) is 19.0. The van der Waals surface area contributed by atoms with Crippen LogP contribution in [0, 0.1) is 32.1 Å². The number of aryl methyl sites for hydroxylation is 3. The molecule has 3 aromatic rings. The molecular weight excluding hydrogens is 480 g/mol. The van der Waals surface area contributed by atoms with E-state index >= 15 is 0 Å². The van der Waals surface area contributed by atoms with Gasteiger partial charge in [-0.25, -0.2) is 0 Å². The van der Waals surface area contributed by atoms with Crippen molar-refractivity contribution in [1.29, 1.82) is 5.26 Å². The Morgan fingerprint density at radius 3 is 2.55 bits per heavy atom. The molecule has 3 aromatic carbocycles. The van der Waals surface area contributed by atoms with Crippen molar-refractivity contribution in [2.75, 3.05) is 12.4 Å². The SMILES string of the molecule is COc1cc(/C=C(\C#N)C(=O)Nc2ccc(C)c(C)c2)cc(Br)c1OCc1cccc(C)c1. The molecule has 0 aliphatic rings. The van der Waals surface area contributed by atoms with Crippen LogP contribution in [0.3, 0.4) is 0 Å². The predicted octanol–water partition coefficient (Wildman–Crippen LogP) is 6.51. The number of nitrogens with zero attached hydrogens (tertiary/aromatic N) is 1. The fourth-order valence-electron chi connectivity index (χ4n) is 3.25. The number of ether oxygens (including phenoxy) is 2. The molecule has 6 heteroatoms. The second-order valence-corrected chi connectivity index (χ2v) is 8.59. The molecule has 0 spiro atoms. The van der Waals surface area contributed by atoms with Gasteiger partial charge in [0, 0.05) is 5.69 Å². The summed E-state index contributed by atoms with van der Waals surface area (Å²) in [6.45, 7) is 6.39. The average molecular weight is 505 g/mol. The van der Waals surface area contributed by atoms with E-state index in [1.54, 1.807) is 19.2 Å². The van der Waals surface area contributed by atoms with Crippen molar-refractivity contribution in [2.45, 2.75) is 27.4 Å². The van der Waals surface area contributed by atoms with Crippen molar-refractivity contribution in [3.63, 3.8) is 0 Å². The minimum absolute atomic E-state index is 0.0180. The summed E-state index contributed by atoms with van der Waals surface area (Å²) in [5.41, 5.74) is 5.65. The van der Waals surface area contributed by atoms with E-state index in [2.05, 4.69) is 27.3 Å². The first-order chi connectivity index (χ1) is 15.8. The monoisotopic (exact) mass is 504 g/mol. The number of carbonyl (C=O) groups excluding carboxylic acids is 1. The molecule has 5 nitrogen and oxygen atoms in total. The van der Waals surface area contributed by atoms with Crippen LogP contribution in [0.4, 0.5) is 5.69 Å². The quantitative estimate of drug-likeness (QED) is 0.294. The van der Waals surface area contributed by atoms with Crippen LogP contribution in [0.2, 0.25) is 0 Å². The van der Waals surface area contributed by atoms with Gasteiger partial charge in [-0.3, -0.25) is 4.79 Å². The van der Waals surface area contributed by atoms with Crippen molar-refractivity contribution in [3.05, 3.63) is 92.5 Å². The van der Waals surface area contributed by atoms with Crippen molar-refractivity contribution < 1.29 is 14.3 Å². The number of nitriles is 1. The first-order valence-electron chi connectivity index (χ1n) is 10.4. The Balaban J connectivity index is 1.82. The molecule has 3 rings (SSSR count). The summed E-state index contributed by atoms with van der Waals surface area (Å²) in [5.74, 6) is 0.569. The zero-order valence-corrected chi connectivity index (χ0v) is 20.6. The van der Waals surface area contributed by atoms with Crippen LogP contribution in [-0.2, 0) is 11.4 Å². The van der Waals surface area contributed by atoms with Gasteiger partial charge in [0.15, 0.2) is 11.5 Å². The summed E-state index contributed by atoms with van der Waals surface area (Å²) < 4.78 is 12.2. The summed E-state index contributed by atoms with van der Waals surface area (Å²) in [7, 11) is 1.55. The molecule has 0 aromatic heterocycles. The van der Waals surface area contributed by atoms with E-state index in [-0.39, 0.29) is 5.57 Å². The standard InChI is InChI=1S/C27H25BrN2O3/c1-17-6-5-7-20(10-17)16-33-26-24(28)13-21(14-25(26)32-4)12-22(15-29)27(31)30-23-9-8-18(2)19(3)11-23/h5-14H,16H2,1-4H3,(H,30,31)/b22-12+. The Morgan fingerprint density at radius 2 is 1.88 bits per heavy atom. The summed E-state index contributed by atoms with van der Waals surface area (Å²) in [5, 5.41) is 12.4. The van der Waals surface area contributed by atoms with Crippen LogP contribution >= 0.6 is 15.9 Å². The molecule has 0 atom stereocenters. The molecule has 0 aliphatic heterocycles. The molecule has 168 valence electrons. The van der Waals surface area contributed by atoms with E-state index in [9.17, 15) is 10.1 Å². The third-order valence-corrected chi connectivity index (χ3v) is 5.75. The zero-order chi connectivity index (χ0) is 24.0. The molecular formula is C27H25BrN2O3. The van der Waals surface area contributed by atoms with E-state index in [1.165, 1.54) is 6.08 Å². The smallest absolute Gasteiger partial charge is 0.266 e. The van der Waals surface area contributed by atoms with Gasteiger partial charge in [-0.15, -0.1) is 0 Å². The van der Waals surface area contributed by atoms with Gasteiger partial charge in [-0.2, -0.15) is 5.26 Å². The van der Waals surface area contributed by atoms with Crippen molar-refractivity contribution >= 4 is 33.6 Å². The number of carbonyl (C=O) groups is 1. The van der Waals surface area contributed by atoms with E-state index in [0.29, 0.717) is 33.8 Å². The highest BCUT2D eigenvalue weighted by atomic mass is 79.9. The number of hydrogen-bond donors (Lipinski definition) is 1. The van der Waals surface area contributed by atoms with Crippen LogP contribution in [0.5, 0.6) is 11.5 Å². The molecule has 1 amide bonds. The van der Waals surface area contributed by atoms with Crippen LogP contribution in [0.1, 0.15) is 27.8 Å². The second kappa shape index (κ2) is 10.8. The van der Waals surface area contributed by atoms with Gasteiger partial charge >= 0.3 is 0 Å². The fourth-order valence-corrected chi connectivity index (χ4v) is 3.83. The van der Waals surface area contributed by atoms with Crippen molar-refractivity contribution in [3.8, 4) is 17.6 Å². The number of rotatable bonds is 7. The molecule has 33 heavy (non-hydrogen) atoms. The summed E-state index contributed by atoms with van der Waals surface area (Å²) in [6.07, 6.45) is 1.52. The minimum Gasteiger partial charge on any atom is -0.493 e. The topological polar surface area (TPSA) is 71.3 Å². The number of anilines is 1. The van der Waals surface area contributed by atoms with E-state index in [4.69, 9.17) is 9.47 Å². The Hall–Kier alpha value is -3.56. The molecule has 0 heterocycles. The molecule has 0 radical (unpaired) electrons. The maximum Gasteiger partial charge on any atom is 0.266 e. The van der Waals surface area contributed by atoms with Crippen molar-refractivity contribution in [2.24, 2.45) is 0 Å². The van der Waals surface area contributed by atoms with E-state index < -0.39 is 5.91 Å². The lowest BCUT2D eigenvalue weighted by atomic mass is 10.1. The number of benzene rings is 3. The van der Waals surface area contributed by atoms with Gasteiger partial charge < -0.3 is 14.8 Å². The first kappa shape index (κ1) is 24.1. The lowest BCUT2D eigenvalue weighted by Gasteiger charge is -2.14. The van der Waals surface area contributed by atoms with Gasteiger partial charge in [0.25, 0.3) is 5.91 Å². The predicted molar refractivity (Wildman–Crippen MR) is 134 cm³/mol. The molecule has 0 unspecified atom stereocenters. The summed E-state index contributed by atoms with van der Waals surface area (Å²) in [6, 6.07) is 19.2. The molecule has 1 N–H and O–H groups in total. The van der Waals surface area contributed by atoms with Gasteiger partial charge in [0.2, 0.25) is 0 Å². The van der Waals surface area contributed by atoms with Gasteiger partial charge in [0.05, 0.1) is 11.6 Å². The maximum absolute atomic E-state index is 12.7. The first-order valence-corrected chi connectivity index (χ1v) is 11.2. The fraction of sp³-hybridized carbons (Fsp3) is 0.185. The molecule has 0 aliphatic carbocycles. The normalized spacial score (nSPS) is 11.0. The Kier molecular flexibility index (Phi) is 7.92. The highest BCUT2D eigenvalue weighted by Crippen LogP contribution is 2.38. The lowest BCUT2D eigenvalue weighted by Crippen LogP contribution is -2.13. The Bertz CT molecular complexity index is 1260. The third kappa shape index (κ3) is 6.24. The van der Waals surface area contributed by atoms with Crippen LogP contribution < -0.4 is 14.8 Å². The number of hydrogen-bond acceptors (Lipinski definition) is 4. The summed E-state index contributed by atoms with van der Waals surface area (Å²) >= 11 is 3.53. The minimum atomic E-state index is -0.476. The highest BCUT2D eigenvalue weighted by molar-refractivity contribution is 9.10. The number of halogens is 1. The molecule has 0 fully saturated rings. The molecule has 0 bridgehead atoms. The second-order valence-electron chi connectivity index (χ2n) is 7.73. The summed E-state index contributed by atoms with van der Waals surface area (Å²) in [4.78, 5) is 12.7. The third-order valence-electron chi connectivity index (χ3n) is 5.16. The molecule has 0 saturated carbocycles. The average Bonchev–Trinajstić information content (AvgIpc) is 2.78. The van der Waals surface area contributed by atoms with Crippen molar-refractivity contribution in [1.82, 2.24) is 0 Å². The number of nitrogens with one attached hydrogen (secondary N) is 1. The van der Waals surface area contributed by atoms with Crippen LogP contribution in [0.15, 0.2) is 64.6 Å². The Labute approximate surface area is 202 Å². The molecule has 0 saturated heterocycles. The number of amides is 1. The maximum atomic E-state index is 12.7. The van der Waals surface area contributed by atoms with Crippen LogP contribution in [0.25, 0.3) is 6.08 Å². The van der Waals surface area contributed by atoms with Gasteiger partial charge in [-0.1, -0.05) is 35.9 Å². The lowest BCUT2D eigenvalue weighted by molar-refractivity contribution is -0.112. The van der Waals surface area contributed by atoms with Gasteiger partial charge in [0.1, 0.15) is 18.2 Å². The van der Waals surface area contributed by atoms with E-state index in [1.807, 2.05) is 63.2 Å². The Morgan fingerprint density at radius 1 is 1.09 bits per heavy atom. The largest absolute Gasteiger partial charge is 0.493 e.